The highest BCUT2D eigenvalue weighted by Gasteiger charge is 2.27. The van der Waals surface area contributed by atoms with E-state index < -0.39 is 15.8 Å². The van der Waals surface area contributed by atoms with E-state index in [9.17, 15) is 12.8 Å². The monoisotopic (exact) mass is 384 g/mol. The first-order valence-corrected chi connectivity index (χ1v) is 10.6. The summed E-state index contributed by atoms with van der Waals surface area (Å²) >= 11 is 1.57. The van der Waals surface area contributed by atoms with Crippen molar-refractivity contribution in [2.24, 2.45) is 0 Å². The number of aryl methyl sites for hydroxylation is 1. The molecule has 1 saturated heterocycles. The highest BCUT2D eigenvalue weighted by Crippen LogP contribution is 2.24. The van der Waals surface area contributed by atoms with E-state index in [1.165, 1.54) is 28.6 Å². The average Bonchev–Trinajstić information content (AvgIpc) is 2.90. The zero-order valence-electron chi connectivity index (χ0n) is 14.1. The van der Waals surface area contributed by atoms with Gasteiger partial charge in [0.2, 0.25) is 15.2 Å². The fraction of sp³-hybridized carbons (Fsp3) is 0.500. The Morgan fingerprint density at radius 2 is 1.88 bits per heavy atom. The van der Waals surface area contributed by atoms with Gasteiger partial charge in [0.15, 0.2) is 0 Å². The van der Waals surface area contributed by atoms with Gasteiger partial charge in [-0.2, -0.15) is 4.31 Å². The van der Waals surface area contributed by atoms with Crippen LogP contribution in [0.15, 0.2) is 29.2 Å². The van der Waals surface area contributed by atoms with Crippen molar-refractivity contribution in [2.45, 2.75) is 31.1 Å². The Morgan fingerprint density at radius 3 is 2.60 bits per heavy atom. The van der Waals surface area contributed by atoms with Gasteiger partial charge in [0, 0.05) is 32.6 Å². The third-order valence-electron chi connectivity index (χ3n) is 4.10. The Kier molecular flexibility index (Phi) is 5.65. The minimum Gasteiger partial charge on any atom is -0.345 e. The number of sulfonamides is 1. The summed E-state index contributed by atoms with van der Waals surface area (Å²) in [6.45, 7) is 4.24. The standard InChI is InChI=1S/C16H21FN4O2S2/c1-2-4-15-18-19-16(24-15)20-9-3-10-21(12-11-20)25(22,23)14-7-5-13(17)6-8-14/h5-8H,2-4,9-12H2,1H3. The molecule has 2 aromatic rings. The maximum absolute atomic E-state index is 13.1. The van der Waals surface area contributed by atoms with Gasteiger partial charge in [-0.3, -0.25) is 0 Å². The molecule has 1 aromatic carbocycles. The van der Waals surface area contributed by atoms with Gasteiger partial charge < -0.3 is 4.90 Å². The number of aromatic nitrogens is 2. The molecule has 3 rings (SSSR count). The van der Waals surface area contributed by atoms with Gasteiger partial charge in [0.25, 0.3) is 0 Å². The molecule has 1 aromatic heterocycles. The number of rotatable bonds is 5. The molecule has 0 bridgehead atoms. The second-order valence-corrected chi connectivity index (χ2v) is 8.91. The Labute approximate surface area is 151 Å². The van der Waals surface area contributed by atoms with Crippen LogP contribution in [0.5, 0.6) is 0 Å². The van der Waals surface area contributed by atoms with Gasteiger partial charge >= 0.3 is 0 Å². The predicted molar refractivity (Wildman–Crippen MR) is 95.9 cm³/mol. The van der Waals surface area contributed by atoms with Crippen LogP contribution >= 0.6 is 11.3 Å². The molecule has 0 atom stereocenters. The number of nitrogens with zero attached hydrogens (tertiary/aromatic N) is 4. The first-order chi connectivity index (χ1) is 12.0. The maximum Gasteiger partial charge on any atom is 0.243 e. The summed E-state index contributed by atoms with van der Waals surface area (Å²) in [5, 5.41) is 10.3. The van der Waals surface area contributed by atoms with E-state index in [4.69, 9.17) is 0 Å². The van der Waals surface area contributed by atoms with Crippen LogP contribution in [0.1, 0.15) is 24.8 Å². The van der Waals surface area contributed by atoms with Crippen molar-refractivity contribution >= 4 is 26.5 Å². The fourth-order valence-corrected chi connectivity index (χ4v) is 5.23. The lowest BCUT2D eigenvalue weighted by Gasteiger charge is -2.21. The molecule has 25 heavy (non-hydrogen) atoms. The molecule has 0 N–H and O–H groups in total. The fourth-order valence-electron chi connectivity index (χ4n) is 2.77. The Morgan fingerprint density at radius 1 is 1.12 bits per heavy atom. The van der Waals surface area contributed by atoms with Crippen molar-refractivity contribution in [3.8, 4) is 0 Å². The van der Waals surface area contributed by atoms with Gasteiger partial charge in [-0.1, -0.05) is 18.3 Å². The van der Waals surface area contributed by atoms with Crippen LogP contribution in [-0.4, -0.2) is 49.1 Å². The van der Waals surface area contributed by atoms with Gasteiger partial charge in [-0.15, -0.1) is 10.2 Å². The SMILES string of the molecule is CCCc1nnc(N2CCCN(S(=O)(=O)c3ccc(F)cc3)CC2)s1. The molecule has 2 heterocycles. The summed E-state index contributed by atoms with van der Waals surface area (Å²) < 4.78 is 40.0. The first-order valence-electron chi connectivity index (χ1n) is 8.34. The van der Waals surface area contributed by atoms with E-state index in [2.05, 4.69) is 22.0 Å². The normalized spacial score (nSPS) is 16.8. The lowest BCUT2D eigenvalue weighted by Crippen LogP contribution is -2.35. The molecule has 0 saturated carbocycles. The molecular formula is C16H21FN4O2S2. The van der Waals surface area contributed by atoms with E-state index >= 15 is 0 Å². The molecule has 1 aliphatic heterocycles. The topological polar surface area (TPSA) is 66.4 Å². The smallest absolute Gasteiger partial charge is 0.243 e. The molecule has 0 unspecified atom stereocenters. The number of benzene rings is 1. The summed E-state index contributed by atoms with van der Waals surface area (Å²) in [4.78, 5) is 2.22. The highest BCUT2D eigenvalue weighted by atomic mass is 32.2. The van der Waals surface area contributed by atoms with E-state index in [1.54, 1.807) is 11.3 Å². The van der Waals surface area contributed by atoms with E-state index in [-0.39, 0.29) is 4.90 Å². The molecular weight excluding hydrogens is 363 g/mol. The first kappa shape index (κ1) is 18.2. The summed E-state index contributed by atoms with van der Waals surface area (Å²) in [7, 11) is -3.60. The second kappa shape index (κ2) is 7.76. The number of anilines is 1. The number of hydrogen-bond acceptors (Lipinski definition) is 6. The molecule has 0 spiro atoms. The maximum atomic E-state index is 13.1. The lowest BCUT2D eigenvalue weighted by molar-refractivity contribution is 0.433. The Balaban J connectivity index is 1.71. The van der Waals surface area contributed by atoms with E-state index in [0.29, 0.717) is 26.1 Å². The second-order valence-electron chi connectivity index (χ2n) is 5.93. The third kappa shape index (κ3) is 4.16. The molecule has 0 amide bonds. The molecule has 136 valence electrons. The third-order valence-corrected chi connectivity index (χ3v) is 7.05. The predicted octanol–water partition coefficient (Wildman–Crippen LogP) is 2.53. The Bertz CT molecular complexity index is 808. The highest BCUT2D eigenvalue weighted by molar-refractivity contribution is 7.89. The minimum atomic E-state index is -3.60. The number of hydrogen-bond donors (Lipinski definition) is 0. The van der Waals surface area contributed by atoms with Crippen molar-refractivity contribution in [3.05, 3.63) is 35.1 Å². The van der Waals surface area contributed by atoms with Gasteiger partial charge in [0.05, 0.1) is 4.90 Å². The van der Waals surface area contributed by atoms with Crippen LogP contribution in [0, 0.1) is 5.82 Å². The zero-order chi connectivity index (χ0) is 17.9. The summed E-state index contributed by atoms with van der Waals surface area (Å²) in [6.07, 6.45) is 2.65. The van der Waals surface area contributed by atoms with Crippen LogP contribution in [0.3, 0.4) is 0 Å². The summed E-state index contributed by atoms with van der Waals surface area (Å²) in [5.74, 6) is -0.444. The van der Waals surface area contributed by atoms with E-state index in [1.807, 2.05) is 0 Å². The van der Waals surface area contributed by atoms with Crippen LogP contribution in [0.25, 0.3) is 0 Å². The lowest BCUT2D eigenvalue weighted by atomic mass is 10.4. The van der Waals surface area contributed by atoms with Crippen molar-refractivity contribution in [2.75, 3.05) is 31.1 Å². The zero-order valence-corrected chi connectivity index (χ0v) is 15.7. The van der Waals surface area contributed by atoms with Crippen molar-refractivity contribution in [1.82, 2.24) is 14.5 Å². The van der Waals surface area contributed by atoms with E-state index in [0.717, 1.165) is 29.5 Å². The van der Waals surface area contributed by atoms with Crippen LogP contribution in [-0.2, 0) is 16.4 Å². The van der Waals surface area contributed by atoms with Crippen molar-refractivity contribution in [3.63, 3.8) is 0 Å². The molecule has 1 fully saturated rings. The molecule has 6 nitrogen and oxygen atoms in total. The summed E-state index contributed by atoms with van der Waals surface area (Å²) in [5.41, 5.74) is 0. The largest absolute Gasteiger partial charge is 0.345 e. The van der Waals surface area contributed by atoms with Crippen molar-refractivity contribution in [1.29, 1.82) is 0 Å². The van der Waals surface area contributed by atoms with Gasteiger partial charge in [0.1, 0.15) is 10.8 Å². The van der Waals surface area contributed by atoms with Crippen molar-refractivity contribution < 1.29 is 12.8 Å². The minimum absolute atomic E-state index is 0.128. The summed E-state index contributed by atoms with van der Waals surface area (Å²) in [6, 6.07) is 4.98. The van der Waals surface area contributed by atoms with Crippen LogP contribution in [0.4, 0.5) is 9.52 Å². The quantitative estimate of drug-likeness (QED) is 0.793. The van der Waals surface area contributed by atoms with Gasteiger partial charge in [-0.25, -0.2) is 12.8 Å². The number of halogens is 1. The molecule has 1 aliphatic rings. The molecule has 0 aliphatic carbocycles. The molecule has 0 radical (unpaired) electrons. The van der Waals surface area contributed by atoms with Crippen LogP contribution in [0.2, 0.25) is 0 Å². The van der Waals surface area contributed by atoms with Gasteiger partial charge in [-0.05, 0) is 37.1 Å². The average molecular weight is 385 g/mol. The van der Waals surface area contributed by atoms with Crippen LogP contribution < -0.4 is 4.90 Å². The molecule has 9 heteroatoms. The Hall–Kier alpha value is -1.58.